The fourth-order valence-electron chi connectivity index (χ4n) is 2.02. The summed E-state index contributed by atoms with van der Waals surface area (Å²) in [6.07, 6.45) is 1.99. The van der Waals surface area contributed by atoms with Crippen molar-refractivity contribution in [1.82, 2.24) is 0 Å². The van der Waals surface area contributed by atoms with E-state index in [-0.39, 0.29) is 5.92 Å². The van der Waals surface area contributed by atoms with Crippen LogP contribution >= 0.6 is 0 Å². The number of rotatable bonds is 1. The third-order valence-electron chi connectivity index (χ3n) is 3.24. The average Bonchev–Trinajstić information content (AvgIpc) is 1.97. The van der Waals surface area contributed by atoms with Gasteiger partial charge in [-0.25, -0.2) is 0 Å². The van der Waals surface area contributed by atoms with Gasteiger partial charge in [-0.15, -0.1) is 0 Å². The van der Waals surface area contributed by atoms with Crippen LogP contribution in [-0.2, 0) is 0 Å². The second kappa shape index (κ2) is 3.35. The van der Waals surface area contributed by atoms with Gasteiger partial charge in [-0.3, -0.25) is 0 Å². The van der Waals surface area contributed by atoms with Crippen molar-refractivity contribution < 1.29 is 10.2 Å². The Labute approximate surface area is 74.6 Å². The Morgan fingerprint density at radius 3 is 2.42 bits per heavy atom. The van der Waals surface area contributed by atoms with Crippen LogP contribution in [0.1, 0.15) is 40.0 Å². The first kappa shape index (κ1) is 10.0. The van der Waals surface area contributed by atoms with E-state index in [2.05, 4.69) is 6.92 Å². The highest BCUT2D eigenvalue weighted by molar-refractivity contribution is 4.93. The molecule has 2 N–H and O–H groups in total. The van der Waals surface area contributed by atoms with E-state index in [1.54, 1.807) is 0 Å². The smallest absolute Gasteiger partial charge is 0.0928 e. The van der Waals surface area contributed by atoms with Crippen LogP contribution in [0.2, 0.25) is 0 Å². The summed E-state index contributed by atoms with van der Waals surface area (Å²) < 4.78 is 0. The van der Waals surface area contributed by atoms with Crippen LogP contribution in [0.5, 0.6) is 0 Å². The zero-order valence-electron chi connectivity index (χ0n) is 8.25. The fraction of sp³-hybridized carbons (Fsp3) is 1.00. The predicted molar refractivity (Wildman–Crippen MR) is 48.8 cm³/mol. The van der Waals surface area contributed by atoms with Crippen molar-refractivity contribution in [1.29, 1.82) is 0 Å². The maximum Gasteiger partial charge on any atom is 0.0928 e. The van der Waals surface area contributed by atoms with Crippen molar-refractivity contribution in [2.75, 3.05) is 0 Å². The first-order valence-corrected chi connectivity index (χ1v) is 4.87. The summed E-state index contributed by atoms with van der Waals surface area (Å²) in [6, 6.07) is 0. The SMILES string of the molecule is CC(C)C1(O)CC[C@H](C)C[C@H]1O. The lowest BCUT2D eigenvalue weighted by Gasteiger charge is -2.42. The normalized spacial score (nSPS) is 43.5. The van der Waals surface area contributed by atoms with E-state index in [9.17, 15) is 10.2 Å². The fourth-order valence-corrected chi connectivity index (χ4v) is 2.02. The molecule has 1 aliphatic carbocycles. The van der Waals surface area contributed by atoms with Crippen molar-refractivity contribution in [3.8, 4) is 0 Å². The van der Waals surface area contributed by atoms with E-state index in [0.29, 0.717) is 5.92 Å². The van der Waals surface area contributed by atoms with E-state index in [1.807, 2.05) is 13.8 Å². The van der Waals surface area contributed by atoms with E-state index >= 15 is 0 Å². The van der Waals surface area contributed by atoms with Gasteiger partial charge in [0.05, 0.1) is 11.7 Å². The molecular weight excluding hydrogens is 152 g/mol. The molecule has 1 rings (SSSR count). The van der Waals surface area contributed by atoms with E-state index in [1.165, 1.54) is 0 Å². The summed E-state index contributed by atoms with van der Waals surface area (Å²) in [4.78, 5) is 0. The highest BCUT2D eigenvalue weighted by atomic mass is 16.3. The molecule has 0 aliphatic heterocycles. The maximum absolute atomic E-state index is 10.1. The Morgan fingerprint density at radius 1 is 1.42 bits per heavy atom. The van der Waals surface area contributed by atoms with Crippen LogP contribution in [-0.4, -0.2) is 21.9 Å². The Kier molecular flexibility index (Phi) is 2.79. The van der Waals surface area contributed by atoms with Crippen molar-refractivity contribution in [2.24, 2.45) is 11.8 Å². The molecule has 72 valence electrons. The van der Waals surface area contributed by atoms with E-state index < -0.39 is 11.7 Å². The highest BCUT2D eigenvalue weighted by Gasteiger charge is 2.42. The summed E-state index contributed by atoms with van der Waals surface area (Å²) in [6.45, 7) is 6.07. The summed E-state index contributed by atoms with van der Waals surface area (Å²) in [5.74, 6) is 0.707. The predicted octanol–water partition coefficient (Wildman–Crippen LogP) is 1.55. The number of aliphatic hydroxyl groups is 2. The van der Waals surface area contributed by atoms with E-state index in [4.69, 9.17) is 0 Å². The standard InChI is InChI=1S/C10H20O2/c1-7(2)10(12)5-4-8(3)6-9(10)11/h7-9,11-12H,4-6H2,1-3H3/t8-,9+,10?/m0/s1. The zero-order valence-corrected chi connectivity index (χ0v) is 8.25. The first-order valence-electron chi connectivity index (χ1n) is 4.87. The molecule has 2 heteroatoms. The second-order valence-electron chi connectivity index (χ2n) is 4.54. The summed E-state index contributed by atoms with van der Waals surface area (Å²) in [5, 5.41) is 19.8. The zero-order chi connectivity index (χ0) is 9.35. The summed E-state index contributed by atoms with van der Waals surface area (Å²) in [7, 11) is 0. The van der Waals surface area contributed by atoms with E-state index in [0.717, 1.165) is 19.3 Å². The van der Waals surface area contributed by atoms with Gasteiger partial charge in [-0.1, -0.05) is 20.8 Å². The van der Waals surface area contributed by atoms with Gasteiger partial charge >= 0.3 is 0 Å². The lowest BCUT2D eigenvalue weighted by molar-refractivity contribution is -0.136. The molecule has 0 spiro atoms. The largest absolute Gasteiger partial charge is 0.390 e. The molecule has 0 aromatic carbocycles. The minimum atomic E-state index is -0.827. The Bertz CT molecular complexity index is 156. The average molecular weight is 172 g/mol. The molecule has 0 radical (unpaired) electrons. The molecule has 0 bridgehead atoms. The Hall–Kier alpha value is -0.0800. The van der Waals surface area contributed by atoms with Crippen LogP contribution in [0, 0.1) is 11.8 Å². The number of hydrogen-bond donors (Lipinski definition) is 2. The Morgan fingerprint density at radius 2 is 2.00 bits per heavy atom. The van der Waals surface area contributed by atoms with Crippen LogP contribution in [0.25, 0.3) is 0 Å². The van der Waals surface area contributed by atoms with Crippen molar-refractivity contribution in [3.05, 3.63) is 0 Å². The minimum Gasteiger partial charge on any atom is -0.390 e. The first-order chi connectivity index (χ1) is 5.47. The van der Waals surface area contributed by atoms with Crippen molar-refractivity contribution in [3.63, 3.8) is 0 Å². The highest BCUT2D eigenvalue weighted by Crippen LogP contribution is 2.36. The molecule has 1 aliphatic rings. The molecule has 0 aromatic rings. The lowest BCUT2D eigenvalue weighted by atomic mass is 9.72. The summed E-state index contributed by atoms with van der Waals surface area (Å²) >= 11 is 0. The molecule has 0 amide bonds. The molecule has 1 unspecified atom stereocenters. The molecule has 1 fully saturated rings. The monoisotopic (exact) mass is 172 g/mol. The van der Waals surface area contributed by atoms with Gasteiger partial charge in [-0.2, -0.15) is 0 Å². The molecule has 0 aromatic heterocycles. The quantitative estimate of drug-likeness (QED) is 0.630. The third kappa shape index (κ3) is 1.64. The maximum atomic E-state index is 10.1. The molecule has 12 heavy (non-hydrogen) atoms. The van der Waals surface area contributed by atoms with Gasteiger partial charge in [-0.05, 0) is 31.1 Å². The van der Waals surface area contributed by atoms with Gasteiger partial charge in [0.2, 0.25) is 0 Å². The lowest BCUT2D eigenvalue weighted by Crippen LogP contribution is -2.50. The van der Waals surface area contributed by atoms with Gasteiger partial charge in [0, 0.05) is 0 Å². The van der Waals surface area contributed by atoms with Crippen LogP contribution in [0.4, 0.5) is 0 Å². The van der Waals surface area contributed by atoms with Crippen LogP contribution < -0.4 is 0 Å². The Balaban J connectivity index is 2.66. The molecule has 0 saturated heterocycles. The summed E-state index contributed by atoms with van der Waals surface area (Å²) in [5.41, 5.74) is -0.827. The molecule has 3 atom stereocenters. The topological polar surface area (TPSA) is 40.5 Å². The molecular formula is C10H20O2. The van der Waals surface area contributed by atoms with Crippen molar-refractivity contribution >= 4 is 0 Å². The third-order valence-corrected chi connectivity index (χ3v) is 3.24. The number of aliphatic hydroxyl groups excluding tert-OH is 1. The molecule has 1 saturated carbocycles. The van der Waals surface area contributed by atoms with Crippen LogP contribution in [0.15, 0.2) is 0 Å². The molecule has 0 heterocycles. The second-order valence-corrected chi connectivity index (χ2v) is 4.54. The van der Waals surface area contributed by atoms with Gasteiger partial charge in [0.1, 0.15) is 0 Å². The van der Waals surface area contributed by atoms with Gasteiger partial charge < -0.3 is 10.2 Å². The van der Waals surface area contributed by atoms with Crippen LogP contribution in [0.3, 0.4) is 0 Å². The minimum absolute atomic E-state index is 0.153. The molecule has 2 nitrogen and oxygen atoms in total. The number of hydrogen-bond acceptors (Lipinski definition) is 2. The van der Waals surface area contributed by atoms with Crippen molar-refractivity contribution in [2.45, 2.75) is 51.7 Å². The van der Waals surface area contributed by atoms with Gasteiger partial charge in [0.25, 0.3) is 0 Å². The van der Waals surface area contributed by atoms with Gasteiger partial charge in [0.15, 0.2) is 0 Å².